The lowest BCUT2D eigenvalue weighted by Crippen LogP contribution is -2.47. The molecular formula is C19H27N3O5S. The Morgan fingerprint density at radius 2 is 1.89 bits per heavy atom. The van der Waals surface area contributed by atoms with Gasteiger partial charge in [-0.3, -0.25) is 19.6 Å². The van der Waals surface area contributed by atoms with Gasteiger partial charge >= 0.3 is 0 Å². The highest BCUT2D eigenvalue weighted by molar-refractivity contribution is 7.59. The molecule has 0 radical (unpaired) electrons. The van der Waals surface area contributed by atoms with Crippen LogP contribution in [0.1, 0.15) is 42.6 Å². The van der Waals surface area contributed by atoms with Crippen LogP contribution in [0.25, 0.3) is 0 Å². The van der Waals surface area contributed by atoms with Crippen LogP contribution in [0.15, 0.2) is 18.2 Å². The number of carbonyl (C=O) groups is 3. The fourth-order valence-corrected chi connectivity index (χ4v) is 3.64. The molecule has 8 nitrogen and oxygen atoms in total. The van der Waals surface area contributed by atoms with Crippen LogP contribution in [-0.2, 0) is 16.1 Å². The van der Waals surface area contributed by atoms with Crippen molar-refractivity contribution in [2.45, 2.75) is 39.3 Å². The van der Waals surface area contributed by atoms with Gasteiger partial charge in [-0.05, 0) is 31.9 Å². The Morgan fingerprint density at radius 3 is 2.50 bits per heavy atom. The Labute approximate surface area is 171 Å². The van der Waals surface area contributed by atoms with E-state index < -0.39 is 5.91 Å². The number of nitrogens with zero attached hydrogens (tertiary/aromatic N) is 2. The number of hydrogen-bond donors (Lipinski definition) is 2. The number of nitrogens with one attached hydrogen (secondary N) is 1. The van der Waals surface area contributed by atoms with Gasteiger partial charge in [-0.25, -0.2) is 5.48 Å². The molecule has 1 aromatic rings. The number of ether oxygens (including phenoxy) is 1. The molecule has 2 N–H and O–H groups in total. The van der Waals surface area contributed by atoms with Gasteiger partial charge in [-0.15, -0.1) is 0 Å². The lowest BCUT2D eigenvalue weighted by Gasteiger charge is -2.35. The van der Waals surface area contributed by atoms with E-state index in [4.69, 9.17) is 9.94 Å². The number of hydroxylamine groups is 1. The second-order valence-corrected chi connectivity index (χ2v) is 7.17. The van der Waals surface area contributed by atoms with Crippen LogP contribution in [0, 0.1) is 5.92 Å². The van der Waals surface area contributed by atoms with Gasteiger partial charge in [0.15, 0.2) is 0 Å². The molecule has 2 heterocycles. The van der Waals surface area contributed by atoms with Gasteiger partial charge in [0.05, 0.1) is 6.04 Å². The van der Waals surface area contributed by atoms with Crippen LogP contribution >= 0.6 is 13.5 Å². The zero-order valence-corrected chi connectivity index (χ0v) is 17.1. The van der Waals surface area contributed by atoms with Crippen LogP contribution in [0.2, 0.25) is 0 Å². The van der Waals surface area contributed by atoms with Gasteiger partial charge in [0, 0.05) is 43.6 Å². The van der Waals surface area contributed by atoms with E-state index in [0.29, 0.717) is 50.4 Å². The van der Waals surface area contributed by atoms with E-state index in [0.717, 1.165) is 5.56 Å². The molecule has 0 saturated carbocycles. The molecule has 0 spiro atoms. The van der Waals surface area contributed by atoms with Crippen LogP contribution in [-0.4, -0.2) is 58.5 Å². The fraction of sp³-hybridized carbons (Fsp3) is 0.526. The first-order valence-electron chi connectivity index (χ1n) is 9.17. The third-order valence-corrected chi connectivity index (χ3v) is 5.36. The van der Waals surface area contributed by atoms with Crippen LogP contribution in [0.5, 0.6) is 5.75 Å². The zero-order valence-electron chi connectivity index (χ0n) is 16.1. The van der Waals surface area contributed by atoms with Crippen LogP contribution < -0.4 is 10.2 Å². The van der Waals surface area contributed by atoms with Gasteiger partial charge in [0.1, 0.15) is 12.4 Å². The minimum atomic E-state index is -0.608. The van der Waals surface area contributed by atoms with Crippen molar-refractivity contribution in [1.29, 1.82) is 0 Å². The van der Waals surface area contributed by atoms with Gasteiger partial charge in [-0.2, -0.15) is 13.5 Å². The second-order valence-electron chi connectivity index (χ2n) is 7.17. The highest BCUT2D eigenvalue weighted by Gasteiger charge is 2.33. The van der Waals surface area contributed by atoms with Crippen molar-refractivity contribution in [3.63, 3.8) is 0 Å². The van der Waals surface area contributed by atoms with Gasteiger partial charge in [0.25, 0.3) is 5.91 Å². The molecule has 1 fully saturated rings. The highest BCUT2D eigenvalue weighted by Crippen LogP contribution is 2.29. The SMILES string of the molecule is CC(=O)N1CCC(C(=O)N2Cc3ccc(C(=O)NO)cc3OC[C@@H]2C)CC1.S. The molecule has 0 unspecified atom stereocenters. The summed E-state index contributed by atoms with van der Waals surface area (Å²) >= 11 is 0. The predicted octanol–water partition coefficient (Wildman–Crippen LogP) is 1.29. The molecule has 154 valence electrons. The van der Waals surface area contributed by atoms with Crippen molar-refractivity contribution in [2.75, 3.05) is 19.7 Å². The third kappa shape index (κ3) is 4.59. The average Bonchev–Trinajstić information content (AvgIpc) is 2.85. The monoisotopic (exact) mass is 409 g/mol. The van der Waals surface area contributed by atoms with Crippen molar-refractivity contribution in [1.82, 2.24) is 15.3 Å². The van der Waals surface area contributed by atoms with Gasteiger partial charge in [0.2, 0.25) is 11.8 Å². The molecule has 28 heavy (non-hydrogen) atoms. The first-order chi connectivity index (χ1) is 12.9. The molecule has 1 atom stereocenters. The van der Waals surface area contributed by atoms with E-state index in [9.17, 15) is 14.4 Å². The fourth-order valence-electron chi connectivity index (χ4n) is 3.64. The molecule has 3 rings (SSSR count). The highest BCUT2D eigenvalue weighted by atomic mass is 32.1. The number of piperidine rings is 1. The summed E-state index contributed by atoms with van der Waals surface area (Å²) in [6, 6.07) is 4.81. The van der Waals surface area contributed by atoms with E-state index in [1.807, 2.05) is 11.8 Å². The maximum Gasteiger partial charge on any atom is 0.274 e. The van der Waals surface area contributed by atoms with Crippen LogP contribution in [0.4, 0.5) is 0 Å². The summed E-state index contributed by atoms with van der Waals surface area (Å²) in [6.07, 6.45) is 1.34. The molecular weight excluding hydrogens is 382 g/mol. The zero-order chi connectivity index (χ0) is 19.6. The summed E-state index contributed by atoms with van der Waals surface area (Å²) in [4.78, 5) is 39.8. The summed E-state index contributed by atoms with van der Waals surface area (Å²) in [6.45, 7) is 5.45. The Bertz CT molecular complexity index is 749. The number of fused-ring (bicyclic) bond motifs is 1. The Morgan fingerprint density at radius 1 is 1.21 bits per heavy atom. The van der Waals surface area contributed by atoms with Crippen LogP contribution in [0.3, 0.4) is 0 Å². The van der Waals surface area contributed by atoms with E-state index in [-0.39, 0.29) is 37.3 Å². The molecule has 2 aliphatic heterocycles. The Hall–Kier alpha value is -2.26. The molecule has 0 aliphatic carbocycles. The molecule has 0 bridgehead atoms. The quantitative estimate of drug-likeness (QED) is 0.566. The van der Waals surface area contributed by atoms with Gasteiger partial charge in [-0.1, -0.05) is 6.07 Å². The predicted molar refractivity (Wildman–Crippen MR) is 107 cm³/mol. The van der Waals surface area contributed by atoms with Crippen molar-refractivity contribution < 1.29 is 24.3 Å². The maximum atomic E-state index is 13.1. The lowest BCUT2D eigenvalue weighted by atomic mass is 9.94. The van der Waals surface area contributed by atoms with E-state index in [2.05, 4.69) is 0 Å². The minimum Gasteiger partial charge on any atom is -0.491 e. The first-order valence-corrected chi connectivity index (χ1v) is 9.17. The summed E-state index contributed by atoms with van der Waals surface area (Å²) < 4.78 is 5.80. The number of carbonyl (C=O) groups excluding carboxylic acids is 3. The van der Waals surface area contributed by atoms with Crippen molar-refractivity contribution >= 4 is 31.2 Å². The average molecular weight is 410 g/mol. The molecule has 3 amide bonds. The first kappa shape index (κ1) is 22.0. The molecule has 2 aliphatic rings. The number of hydrogen-bond acceptors (Lipinski definition) is 5. The summed E-state index contributed by atoms with van der Waals surface area (Å²) in [7, 11) is 0. The van der Waals surface area contributed by atoms with Crippen molar-refractivity contribution in [2.24, 2.45) is 5.92 Å². The lowest BCUT2D eigenvalue weighted by molar-refractivity contribution is -0.142. The van der Waals surface area contributed by atoms with Crippen molar-refractivity contribution in [3.05, 3.63) is 29.3 Å². The van der Waals surface area contributed by atoms with E-state index in [1.165, 1.54) is 0 Å². The topological polar surface area (TPSA) is 99.2 Å². The molecule has 9 heteroatoms. The van der Waals surface area contributed by atoms with Gasteiger partial charge < -0.3 is 14.5 Å². The van der Waals surface area contributed by atoms with Crippen molar-refractivity contribution in [3.8, 4) is 5.75 Å². The smallest absolute Gasteiger partial charge is 0.274 e. The summed E-state index contributed by atoms with van der Waals surface area (Å²) in [5, 5.41) is 8.78. The Balaban J connectivity index is 0.00000280. The Kier molecular flexibility index (Phi) is 7.31. The number of rotatable bonds is 2. The molecule has 1 saturated heterocycles. The third-order valence-electron chi connectivity index (χ3n) is 5.36. The minimum absolute atomic E-state index is 0. The molecule has 0 aromatic heterocycles. The number of likely N-dealkylation sites (tertiary alicyclic amines) is 1. The summed E-state index contributed by atoms with van der Waals surface area (Å²) in [5.74, 6) is -0.0223. The second kappa shape index (κ2) is 9.29. The maximum absolute atomic E-state index is 13.1. The summed E-state index contributed by atoms with van der Waals surface area (Å²) in [5.41, 5.74) is 2.72. The largest absolute Gasteiger partial charge is 0.491 e. The normalized spacial score (nSPS) is 19.6. The number of amides is 3. The van der Waals surface area contributed by atoms with E-state index in [1.54, 1.807) is 35.5 Å². The number of benzene rings is 1. The molecule has 1 aromatic carbocycles. The van der Waals surface area contributed by atoms with E-state index >= 15 is 0 Å². The standard InChI is InChI=1S/C19H25N3O5.H2S/c1-12-11-27-17-9-15(18(24)20-26)3-4-16(17)10-22(12)19(25)14-5-7-21(8-6-14)13(2)23;/h3-4,9,12,14,26H,5-8,10-11H2,1-2H3,(H,20,24);1H2/t12-;/m0./s1.